The zero-order valence-corrected chi connectivity index (χ0v) is 10.9. The Bertz CT molecular complexity index is 797. The van der Waals surface area contributed by atoms with E-state index in [9.17, 15) is 22.0 Å². The molecule has 0 radical (unpaired) electrons. The topological polar surface area (TPSA) is 109 Å². The van der Waals surface area contributed by atoms with Crippen LogP contribution in [0.1, 0.15) is 10.4 Å². The van der Waals surface area contributed by atoms with Gasteiger partial charge in [0, 0.05) is 12.4 Å². The molecule has 0 amide bonds. The number of sulfonamides is 1. The first kappa shape index (κ1) is 14.8. The number of carboxylic acids is 1. The van der Waals surface area contributed by atoms with Crippen LogP contribution in [-0.4, -0.2) is 29.5 Å². The molecule has 1 aromatic heterocycles. The maximum Gasteiger partial charge on any atom is 0.341 e. The van der Waals surface area contributed by atoms with Crippen molar-refractivity contribution in [2.24, 2.45) is 0 Å². The second-order valence-corrected chi connectivity index (χ2v) is 5.37. The molecule has 0 unspecified atom stereocenters. The van der Waals surface area contributed by atoms with Gasteiger partial charge in [-0.25, -0.2) is 36.7 Å². The molecule has 1 heterocycles. The lowest BCUT2D eigenvalue weighted by Gasteiger charge is -2.09. The summed E-state index contributed by atoms with van der Waals surface area (Å²) in [4.78, 5) is 16.9. The van der Waals surface area contributed by atoms with E-state index in [-0.39, 0.29) is 5.95 Å². The van der Waals surface area contributed by atoms with E-state index in [2.05, 4.69) is 9.97 Å². The third kappa shape index (κ3) is 2.94. The number of rotatable bonds is 4. The van der Waals surface area contributed by atoms with Gasteiger partial charge in [-0.05, 0) is 18.2 Å². The third-order valence-corrected chi connectivity index (χ3v) is 3.70. The second-order valence-electron chi connectivity index (χ2n) is 3.72. The van der Waals surface area contributed by atoms with Crippen LogP contribution in [0, 0.1) is 11.6 Å². The Balaban J connectivity index is 2.51. The average Bonchev–Trinajstić information content (AvgIpc) is 2.38. The molecular weight excluding hydrogens is 308 g/mol. The average molecular weight is 315 g/mol. The largest absolute Gasteiger partial charge is 0.477 e. The molecule has 0 saturated heterocycles. The summed E-state index contributed by atoms with van der Waals surface area (Å²) < 4.78 is 52.9. The molecule has 0 bridgehead atoms. The van der Waals surface area contributed by atoms with E-state index in [0.717, 1.165) is 0 Å². The van der Waals surface area contributed by atoms with Crippen molar-refractivity contribution in [2.45, 2.75) is 4.90 Å². The normalized spacial score (nSPS) is 11.1. The first-order valence-corrected chi connectivity index (χ1v) is 6.82. The van der Waals surface area contributed by atoms with Crippen LogP contribution in [-0.2, 0) is 10.0 Å². The summed E-state index contributed by atoms with van der Waals surface area (Å²) in [5, 5.41) is 8.71. The number of halogens is 2. The molecule has 0 saturated carbocycles. The SMILES string of the molecule is O=C(O)c1c(F)ccc(S(=O)(=O)Nc2ncccn2)c1F. The van der Waals surface area contributed by atoms with Gasteiger partial charge in [-0.1, -0.05) is 0 Å². The number of benzene rings is 1. The summed E-state index contributed by atoms with van der Waals surface area (Å²) in [7, 11) is -4.50. The molecule has 2 N–H and O–H groups in total. The molecule has 10 heteroatoms. The molecule has 0 atom stereocenters. The van der Waals surface area contributed by atoms with Crippen LogP contribution in [0.4, 0.5) is 14.7 Å². The van der Waals surface area contributed by atoms with Crippen molar-refractivity contribution in [2.75, 3.05) is 4.72 Å². The summed E-state index contributed by atoms with van der Waals surface area (Å²) in [6.07, 6.45) is 2.49. The standard InChI is InChI=1S/C11H7F2N3O4S/c12-6-2-3-7(9(13)8(6)10(17)18)21(19,20)16-11-14-4-1-5-15-11/h1-5H,(H,17,18)(H,14,15,16). The minimum absolute atomic E-state index is 0.335. The monoisotopic (exact) mass is 315 g/mol. The van der Waals surface area contributed by atoms with Crippen molar-refractivity contribution >= 4 is 21.9 Å². The van der Waals surface area contributed by atoms with Gasteiger partial charge < -0.3 is 5.11 Å². The number of aromatic carboxylic acids is 1. The molecular formula is C11H7F2N3O4S. The zero-order chi connectivity index (χ0) is 15.6. The van der Waals surface area contributed by atoms with Crippen molar-refractivity contribution < 1.29 is 27.1 Å². The molecule has 0 aliphatic heterocycles. The second kappa shape index (κ2) is 5.40. The summed E-state index contributed by atoms with van der Waals surface area (Å²) in [6, 6.07) is 2.59. The number of nitrogens with zero attached hydrogens (tertiary/aromatic N) is 2. The van der Waals surface area contributed by atoms with Crippen LogP contribution in [0.3, 0.4) is 0 Å². The number of hydrogen-bond donors (Lipinski definition) is 2. The van der Waals surface area contributed by atoms with Gasteiger partial charge in [0.15, 0.2) is 5.82 Å². The predicted molar refractivity (Wildman–Crippen MR) is 66.2 cm³/mol. The van der Waals surface area contributed by atoms with Gasteiger partial charge in [0.05, 0.1) is 0 Å². The van der Waals surface area contributed by atoms with E-state index in [1.165, 1.54) is 18.5 Å². The zero-order valence-electron chi connectivity index (χ0n) is 10.1. The Morgan fingerprint density at radius 2 is 1.81 bits per heavy atom. The van der Waals surface area contributed by atoms with Crippen molar-refractivity contribution in [3.63, 3.8) is 0 Å². The Labute approximate surface area is 117 Å². The van der Waals surface area contributed by atoms with Gasteiger partial charge >= 0.3 is 5.97 Å². The molecule has 110 valence electrons. The summed E-state index contributed by atoms with van der Waals surface area (Å²) >= 11 is 0. The van der Waals surface area contributed by atoms with E-state index in [1.807, 2.05) is 4.72 Å². The molecule has 0 aliphatic rings. The molecule has 2 rings (SSSR count). The van der Waals surface area contributed by atoms with Gasteiger partial charge in [-0.15, -0.1) is 0 Å². The number of nitrogens with one attached hydrogen (secondary N) is 1. The molecule has 7 nitrogen and oxygen atoms in total. The van der Waals surface area contributed by atoms with Crippen molar-refractivity contribution in [1.29, 1.82) is 0 Å². The van der Waals surface area contributed by atoms with Gasteiger partial charge in [-0.3, -0.25) is 0 Å². The number of carbonyl (C=O) groups is 1. The summed E-state index contributed by atoms with van der Waals surface area (Å²) in [6.45, 7) is 0. The van der Waals surface area contributed by atoms with E-state index in [4.69, 9.17) is 5.11 Å². The van der Waals surface area contributed by atoms with Crippen LogP contribution < -0.4 is 4.72 Å². The molecule has 2 aromatic rings. The summed E-state index contributed by atoms with van der Waals surface area (Å²) in [5.74, 6) is -5.34. The van der Waals surface area contributed by atoms with E-state index < -0.39 is 38.1 Å². The molecule has 0 fully saturated rings. The lowest BCUT2D eigenvalue weighted by Crippen LogP contribution is -2.18. The number of hydrogen-bond acceptors (Lipinski definition) is 5. The minimum atomic E-state index is -4.50. The highest BCUT2D eigenvalue weighted by molar-refractivity contribution is 7.92. The predicted octanol–water partition coefficient (Wildman–Crippen LogP) is 1.25. The van der Waals surface area contributed by atoms with Gasteiger partial charge in [-0.2, -0.15) is 0 Å². The molecule has 1 aromatic carbocycles. The van der Waals surface area contributed by atoms with Crippen LogP contribution >= 0.6 is 0 Å². The van der Waals surface area contributed by atoms with E-state index in [1.54, 1.807) is 0 Å². The quantitative estimate of drug-likeness (QED) is 0.879. The van der Waals surface area contributed by atoms with Crippen molar-refractivity contribution in [3.05, 3.63) is 47.8 Å². The molecule has 21 heavy (non-hydrogen) atoms. The highest BCUT2D eigenvalue weighted by atomic mass is 32.2. The third-order valence-electron chi connectivity index (χ3n) is 2.35. The van der Waals surface area contributed by atoms with Crippen molar-refractivity contribution in [1.82, 2.24) is 9.97 Å². The fourth-order valence-electron chi connectivity index (χ4n) is 1.46. The van der Waals surface area contributed by atoms with E-state index in [0.29, 0.717) is 12.1 Å². The molecule has 0 spiro atoms. The fraction of sp³-hybridized carbons (Fsp3) is 0. The Kier molecular flexibility index (Phi) is 3.80. The van der Waals surface area contributed by atoms with Gasteiger partial charge in [0.25, 0.3) is 10.0 Å². The smallest absolute Gasteiger partial charge is 0.341 e. The number of anilines is 1. The van der Waals surface area contributed by atoms with E-state index >= 15 is 0 Å². The Morgan fingerprint density at radius 3 is 2.38 bits per heavy atom. The highest BCUT2D eigenvalue weighted by Gasteiger charge is 2.27. The summed E-state index contributed by atoms with van der Waals surface area (Å²) in [5.41, 5.74) is -1.35. The number of aromatic nitrogens is 2. The van der Waals surface area contributed by atoms with Gasteiger partial charge in [0.2, 0.25) is 5.95 Å². The lowest BCUT2D eigenvalue weighted by atomic mass is 10.2. The first-order valence-electron chi connectivity index (χ1n) is 5.34. The van der Waals surface area contributed by atoms with Crippen LogP contribution in [0.2, 0.25) is 0 Å². The Morgan fingerprint density at radius 1 is 1.19 bits per heavy atom. The van der Waals surface area contributed by atoms with Crippen molar-refractivity contribution in [3.8, 4) is 0 Å². The Hall–Kier alpha value is -2.62. The lowest BCUT2D eigenvalue weighted by molar-refractivity contribution is 0.0685. The minimum Gasteiger partial charge on any atom is -0.477 e. The maximum absolute atomic E-state index is 13.9. The van der Waals surface area contributed by atoms with Gasteiger partial charge in [0.1, 0.15) is 16.3 Å². The van der Waals surface area contributed by atoms with Crippen LogP contribution in [0.25, 0.3) is 0 Å². The van der Waals surface area contributed by atoms with Crippen LogP contribution in [0.5, 0.6) is 0 Å². The highest BCUT2D eigenvalue weighted by Crippen LogP contribution is 2.22. The first-order chi connectivity index (χ1) is 9.83. The van der Waals surface area contributed by atoms with Crippen LogP contribution in [0.15, 0.2) is 35.5 Å². The molecule has 0 aliphatic carbocycles. The fourth-order valence-corrected chi connectivity index (χ4v) is 2.50. The number of carboxylic acid groups (broad SMARTS) is 1. The maximum atomic E-state index is 13.9.